The van der Waals surface area contributed by atoms with Crippen molar-refractivity contribution in [3.63, 3.8) is 0 Å². The Labute approximate surface area is 196 Å². The van der Waals surface area contributed by atoms with Crippen LogP contribution in [0.25, 0.3) is 11.8 Å². The number of thiocarbonyl (C=S) groups is 1. The molecule has 1 saturated heterocycles. The second-order valence-corrected chi connectivity index (χ2v) is 8.16. The van der Waals surface area contributed by atoms with E-state index in [1.807, 2.05) is 39.0 Å². The lowest BCUT2D eigenvalue weighted by atomic mass is 10.1. The Hall–Kier alpha value is -4.04. The van der Waals surface area contributed by atoms with E-state index >= 15 is 0 Å². The number of aromatic carboxylic acids is 1. The second kappa shape index (κ2) is 8.48. The van der Waals surface area contributed by atoms with Gasteiger partial charge in [-0.25, -0.2) is 4.79 Å². The molecule has 0 bridgehead atoms. The van der Waals surface area contributed by atoms with Crippen LogP contribution in [0.3, 0.4) is 0 Å². The Bertz CT molecular complexity index is 1350. The first-order valence-corrected chi connectivity index (χ1v) is 10.6. The number of para-hydroxylation sites is 1. The quantitative estimate of drug-likeness (QED) is 0.350. The van der Waals surface area contributed by atoms with Crippen LogP contribution in [-0.4, -0.2) is 32.6 Å². The van der Waals surface area contributed by atoms with Crippen LogP contribution in [0.15, 0.2) is 60.2 Å². The maximum atomic E-state index is 13.3. The standard InChI is InChI=1S/C25H21N3O4S/c1-14-8-10-18(11-9-14)28-23(30)20(22(29)26-25(28)33)13-17-12-15(2)27(16(17)3)21-7-5-4-6-19(21)24(31)32/h4-13H,1-3H3,(H,31,32)(H,26,29,33)/b20-13+. The lowest BCUT2D eigenvalue weighted by Crippen LogP contribution is -2.54. The second-order valence-electron chi connectivity index (χ2n) is 7.78. The molecule has 1 aliphatic rings. The monoisotopic (exact) mass is 459 g/mol. The number of hydrogen-bond donors (Lipinski definition) is 2. The molecule has 2 N–H and O–H groups in total. The first kappa shape index (κ1) is 22.2. The topological polar surface area (TPSA) is 91.6 Å². The van der Waals surface area contributed by atoms with E-state index in [4.69, 9.17) is 12.2 Å². The van der Waals surface area contributed by atoms with Crippen molar-refractivity contribution in [1.29, 1.82) is 0 Å². The fourth-order valence-electron chi connectivity index (χ4n) is 3.90. The van der Waals surface area contributed by atoms with Crippen LogP contribution in [-0.2, 0) is 9.59 Å². The van der Waals surface area contributed by atoms with Gasteiger partial charge in [0.2, 0.25) is 0 Å². The molecule has 166 valence electrons. The van der Waals surface area contributed by atoms with Crippen LogP contribution >= 0.6 is 12.2 Å². The van der Waals surface area contributed by atoms with E-state index in [2.05, 4.69) is 5.32 Å². The number of amides is 2. The molecule has 7 nitrogen and oxygen atoms in total. The summed E-state index contributed by atoms with van der Waals surface area (Å²) in [5, 5.41) is 12.2. The van der Waals surface area contributed by atoms with Gasteiger partial charge in [0, 0.05) is 11.4 Å². The van der Waals surface area contributed by atoms with Crippen molar-refractivity contribution in [1.82, 2.24) is 9.88 Å². The summed E-state index contributed by atoms with van der Waals surface area (Å²) in [6.07, 6.45) is 1.52. The van der Waals surface area contributed by atoms with E-state index in [-0.39, 0.29) is 16.2 Å². The van der Waals surface area contributed by atoms with Crippen LogP contribution in [0.5, 0.6) is 0 Å². The first-order chi connectivity index (χ1) is 15.7. The van der Waals surface area contributed by atoms with Gasteiger partial charge in [-0.2, -0.15) is 0 Å². The summed E-state index contributed by atoms with van der Waals surface area (Å²) in [5.41, 5.74) is 4.28. The highest BCUT2D eigenvalue weighted by molar-refractivity contribution is 7.80. The number of carboxylic acid groups (broad SMARTS) is 1. The zero-order chi connectivity index (χ0) is 23.9. The number of benzene rings is 2. The smallest absolute Gasteiger partial charge is 0.337 e. The molecule has 2 heterocycles. The number of carbonyl (C=O) groups is 3. The molecule has 3 aromatic rings. The highest BCUT2D eigenvalue weighted by Crippen LogP contribution is 2.27. The van der Waals surface area contributed by atoms with E-state index in [1.54, 1.807) is 34.9 Å². The maximum absolute atomic E-state index is 13.3. The van der Waals surface area contributed by atoms with Gasteiger partial charge >= 0.3 is 5.97 Å². The minimum absolute atomic E-state index is 0.0202. The molecule has 1 fully saturated rings. The highest BCUT2D eigenvalue weighted by atomic mass is 32.1. The van der Waals surface area contributed by atoms with E-state index in [9.17, 15) is 19.5 Å². The predicted octanol–water partition coefficient (Wildman–Crippen LogP) is 3.93. The largest absolute Gasteiger partial charge is 0.478 e. The first-order valence-electron chi connectivity index (χ1n) is 10.2. The van der Waals surface area contributed by atoms with Gasteiger partial charge in [-0.1, -0.05) is 29.8 Å². The average molecular weight is 460 g/mol. The number of carbonyl (C=O) groups excluding carboxylic acids is 2. The van der Waals surface area contributed by atoms with Crippen molar-refractivity contribution < 1.29 is 19.5 Å². The van der Waals surface area contributed by atoms with E-state index in [0.29, 0.717) is 22.6 Å². The summed E-state index contributed by atoms with van der Waals surface area (Å²) in [5.74, 6) is -2.14. The molecule has 1 aromatic heterocycles. The SMILES string of the molecule is Cc1ccc(N2C(=O)/C(=C/c3cc(C)n(-c4ccccc4C(=O)O)c3C)C(=O)NC2=S)cc1. The molecule has 1 aliphatic heterocycles. The summed E-state index contributed by atoms with van der Waals surface area (Å²) in [6, 6.07) is 15.7. The molecule has 33 heavy (non-hydrogen) atoms. The fraction of sp³-hybridized carbons (Fsp3) is 0.120. The molecule has 2 amide bonds. The lowest BCUT2D eigenvalue weighted by molar-refractivity contribution is -0.122. The normalized spacial score (nSPS) is 15.2. The van der Waals surface area contributed by atoms with Gasteiger partial charge in [-0.3, -0.25) is 19.8 Å². The third-order valence-corrected chi connectivity index (χ3v) is 5.82. The Morgan fingerprint density at radius 1 is 1.03 bits per heavy atom. The molecule has 0 atom stereocenters. The van der Waals surface area contributed by atoms with Crippen LogP contribution in [0.4, 0.5) is 5.69 Å². The Balaban J connectivity index is 1.79. The van der Waals surface area contributed by atoms with Gasteiger partial charge in [-0.05, 0) is 75.0 Å². The number of nitrogens with zero attached hydrogens (tertiary/aromatic N) is 2. The Kier molecular flexibility index (Phi) is 5.69. The van der Waals surface area contributed by atoms with Crippen LogP contribution < -0.4 is 10.2 Å². The summed E-state index contributed by atoms with van der Waals surface area (Å²) < 4.78 is 1.80. The number of carboxylic acids is 1. The number of aromatic nitrogens is 1. The Morgan fingerprint density at radius 2 is 1.70 bits per heavy atom. The van der Waals surface area contributed by atoms with Gasteiger partial charge in [0.1, 0.15) is 5.57 Å². The number of anilines is 1. The van der Waals surface area contributed by atoms with Gasteiger partial charge in [0.25, 0.3) is 11.8 Å². The average Bonchev–Trinajstić information content (AvgIpc) is 3.05. The van der Waals surface area contributed by atoms with Crippen molar-refractivity contribution >= 4 is 46.9 Å². The summed E-state index contributed by atoms with van der Waals surface area (Å²) in [6.45, 7) is 5.58. The van der Waals surface area contributed by atoms with Gasteiger partial charge in [0.15, 0.2) is 5.11 Å². The summed E-state index contributed by atoms with van der Waals surface area (Å²) in [7, 11) is 0. The highest BCUT2D eigenvalue weighted by Gasteiger charge is 2.34. The molecular weight excluding hydrogens is 438 g/mol. The van der Waals surface area contributed by atoms with Crippen molar-refractivity contribution in [2.45, 2.75) is 20.8 Å². The van der Waals surface area contributed by atoms with Crippen molar-refractivity contribution in [3.05, 3.63) is 88.2 Å². The number of hydrogen-bond acceptors (Lipinski definition) is 4. The van der Waals surface area contributed by atoms with Gasteiger partial charge in [-0.15, -0.1) is 0 Å². The van der Waals surface area contributed by atoms with Gasteiger partial charge in [0.05, 0.1) is 16.9 Å². The molecule has 0 spiro atoms. The minimum atomic E-state index is -1.04. The molecular formula is C25H21N3O4S. The Morgan fingerprint density at radius 3 is 2.36 bits per heavy atom. The number of aryl methyl sites for hydroxylation is 2. The van der Waals surface area contributed by atoms with E-state index in [1.165, 1.54) is 17.0 Å². The fourth-order valence-corrected chi connectivity index (χ4v) is 4.18. The minimum Gasteiger partial charge on any atom is -0.478 e. The molecule has 8 heteroatoms. The zero-order valence-corrected chi connectivity index (χ0v) is 19.1. The van der Waals surface area contributed by atoms with Crippen LogP contribution in [0.1, 0.15) is 32.9 Å². The molecule has 0 aliphatic carbocycles. The zero-order valence-electron chi connectivity index (χ0n) is 18.2. The predicted molar refractivity (Wildman–Crippen MR) is 130 cm³/mol. The molecule has 0 unspecified atom stereocenters. The number of rotatable bonds is 4. The van der Waals surface area contributed by atoms with Crippen LogP contribution in [0.2, 0.25) is 0 Å². The lowest BCUT2D eigenvalue weighted by Gasteiger charge is -2.29. The number of nitrogens with one attached hydrogen (secondary N) is 1. The van der Waals surface area contributed by atoms with E-state index in [0.717, 1.165) is 11.3 Å². The molecule has 0 radical (unpaired) electrons. The third-order valence-electron chi connectivity index (χ3n) is 5.54. The van der Waals surface area contributed by atoms with Crippen molar-refractivity contribution in [2.24, 2.45) is 0 Å². The molecule has 0 saturated carbocycles. The van der Waals surface area contributed by atoms with Crippen molar-refractivity contribution in [2.75, 3.05) is 4.90 Å². The van der Waals surface area contributed by atoms with Crippen LogP contribution in [0, 0.1) is 20.8 Å². The summed E-state index contributed by atoms with van der Waals surface area (Å²) in [4.78, 5) is 38.9. The molecule has 4 rings (SSSR count). The van der Waals surface area contributed by atoms with E-state index < -0.39 is 17.8 Å². The van der Waals surface area contributed by atoms with Gasteiger partial charge < -0.3 is 9.67 Å². The third kappa shape index (κ3) is 3.96. The summed E-state index contributed by atoms with van der Waals surface area (Å²) >= 11 is 5.25. The maximum Gasteiger partial charge on any atom is 0.337 e. The molecule has 2 aromatic carbocycles. The van der Waals surface area contributed by atoms with Crippen molar-refractivity contribution in [3.8, 4) is 5.69 Å².